The molecule has 0 amide bonds. The second-order valence-electron chi connectivity index (χ2n) is 6.32. The number of fused-ring (bicyclic) bond motifs is 1. The van der Waals surface area contributed by atoms with E-state index in [0.29, 0.717) is 13.2 Å². The molecule has 1 aliphatic rings. The van der Waals surface area contributed by atoms with Gasteiger partial charge in [0, 0.05) is 39.6 Å². The van der Waals surface area contributed by atoms with Gasteiger partial charge >= 0.3 is 0 Å². The van der Waals surface area contributed by atoms with E-state index in [1.807, 2.05) is 37.0 Å². The van der Waals surface area contributed by atoms with E-state index in [4.69, 9.17) is 21.1 Å². The summed E-state index contributed by atoms with van der Waals surface area (Å²) < 4.78 is 13.2. The number of hydrogen-bond acceptors (Lipinski definition) is 3. The first kappa shape index (κ1) is 18.5. The van der Waals surface area contributed by atoms with E-state index in [-0.39, 0.29) is 0 Å². The second-order valence-corrected chi connectivity index (χ2v) is 6.76. The molecule has 0 aliphatic carbocycles. The summed E-state index contributed by atoms with van der Waals surface area (Å²) >= 11 is 6.06. The van der Waals surface area contributed by atoms with Crippen LogP contribution in [0.2, 0.25) is 5.02 Å². The number of benzene rings is 1. The molecule has 0 saturated heterocycles. The van der Waals surface area contributed by atoms with Crippen molar-refractivity contribution in [3.63, 3.8) is 0 Å². The van der Waals surface area contributed by atoms with Gasteiger partial charge in [-0.05, 0) is 30.2 Å². The maximum atomic E-state index is 6.06. The normalized spacial score (nSPS) is 13.6. The Labute approximate surface area is 159 Å². The Kier molecular flexibility index (Phi) is 5.93. The summed E-state index contributed by atoms with van der Waals surface area (Å²) in [7, 11) is 5.80. The van der Waals surface area contributed by atoms with E-state index in [9.17, 15) is 0 Å². The zero-order valence-electron chi connectivity index (χ0n) is 15.5. The maximum absolute atomic E-state index is 6.06. The first-order chi connectivity index (χ1) is 12.6. The molecule has 3 rings (SSSR count). The van der Waals surface area contributed by atoms with E-state index in [2.05, 4.69) is 27.3 Å². The molecule has 26 heavy (non-hydrogen) atoms. The molecule has 1 N–H and O–H groups in total. The van der Waals surface area contributed by atoms with Gasteiger partial charge in [-0.15, -0.1) is 0 Å². The van der Waals surface area contributed by atoms with E-state index >= 15 is 0 Å². The quantitative estimate of drug-likeness (QED) is 0.644. The standard InChI is InChI=1S/C19H25ClN4O2/c1-21-19(24(3)13-16-11-15(20)12-23(16)2)22-7-6-14-4-5-17-18(10-14)26-9-8-25-17/h4-5,10-12H,6-9,13H2,1-3H3,(H,21,22). The van der Waals surface area contributed by atoms with Crippen LogP contribution in [0.25, 0.3) is 0 Å². The number of nitrogens with zero attached hydrogens (tertiary/aromatic N) is 3. The molecule has 0 spiro atoms. The predicted octanol–water partition coefficient (Wildman–Crippen LogP) is 2.70. The topological polar surface area (TPSA) is 51.0 Å². The Bertz CT molecular complexity index is 788. The van der Waals surface area contributed by atoms with Gasteiger partial charge in [-0.3, -0.25) is 4.99 Å². The number of halogens is 1. The predicted molar refractivity (Wildman–Crippen MR) is 104 cm³/mol. The van der Waals surface area contributed by atoms with Crippen LogP contribution in [0.3, 0.4) is 0 Å². The van der Waals surface area contributed by atoms with Gasteiger partial charge in [0.2, 0.25) is 0 Å². The van der Waals surface area contributed by atoms with E-state index in [1.54, 1.807) is 7.05 Å². The lowest BCUT2D eigenvalue weighted by Crippen LogP contribution is -2.39. The van der Waals surface area contributed by atoms with Crippen molar-refractivity contribution in [3.05, 3.63) is 46.7 Å². The van der Waals surface area contributed by atoms with Crippen molar-refractivity contribution in [1.29, 1.82) is 0 Å². The van der Waals surface area contributed by atoms with Crippen molar-refractivity contribution in [2.45, 2.75) is 13.0 Å². The van der Waals surface area contributed by atoms with Gasteiger partial charge in [0.15, 0.2) is 17.5 Å². The van der Waals surface area contributed by atoms with Crippen LogP contribution >= 0.6 is 11.6 Å². The van der Waals surface area contributed by atoms with Crippen molar-refractivity contribution in [1.82, 2.24) is 14.8 Å². The highest BCUT2D eigenvalue weighted by atomic mass is 35.5. The summed E-state index contributed by atoms with van der Waals surface area (Å²) in [5.41, 5.74) is 2.33. The van der Waals surface area contributed by atoms with Gasteiger partial charge in [-0.1, -0.05) is 17.7 Å². The maximum Gasteiger partial charge on any atom is 0.193 e. The smallest absolute Gasteiger partial charge is 0.193 e. The van der Waals surface area contributed by atoms with Crippen LogP contribution < -0.4 is 14.8 Å². The molecule has 7 heteroatoms. The number of nitrogens with one attached hydrogen (secondary N) is 1. The van der Waals surface area contributed by atoms with Gasteiger partial charge in [0.25, 0.3) is 0 Å². The van der Waals surface area contributed by atoms with Crippen molar-refractivity contribution in [2.75, 3.05) is 33.9 Å². The van der Waals surface area contributed by atoms with Crippen LogP contribution in [-0.2, 0) is 20.0 Å². The third kappa shape index (κ3) is 4.43. The molecule has 140 valence electrons. The van der Waals surface area contributed by atoms with Crippen molar-refractivity contribution >= 4 is 17.6 Å². The van der Waals surface area contributed by atoms with Crippen LogP contribution in [0, 0.1) is 0 Å². The van der Waals surface area contributed by atoms with E-state index < -0.39 is 0 Å². The Morgan fingerprint density at radius 1 is 1.27 bits per heavy atom. The number of aryl methyl sites for hydroxylation is 1. The Morgan fingerprint density at radius 3 is 2.73 bits per heavy atom. The van der Waals surface area contributed by atoms with Crippen LogP contribution in [-0.4, -0.2) is 49.3 Å². The molecule has 2 heterocycles. The van der Waals surface area contributed by atoms with Crippen molar-refractivity contribution in [3.8, 4) is 11.5 Å². The number of guanidine groups is 1. The number of rotatable bonds is 5. The first-order valence-corrected chi connectivity index (χ1v) is 9.05. The Morgan fingerprint density at radius 2 is 2.04 bits per heavy atom. The highest BCUT2D eigenvalue weighted by Crippen LogP contribution is 2.30. The van der Waals surface area contributed by atoms with Gasteiger partial charge in [0.05, 0.1) is 11.6 Å². The van der Waals surface area contributed by atoms with Crippen molar-refractivity contribution < 1.29 is 9.47 Å². The average Bonchev–Trinajstić information content (AvgIpc) is 2.95. The average molecular weight is 377 g/mol. The van der Waals surface area contributed by atoms with Crippen LogP contribution in [0.1, 0.15) is 11.3 Å². The fourth-order valence-corrected chi connectivity index (χ4v) is 3.26. The minimum atomic E-state index is 0.606. The molecule has 0 radical (unpaired) electrons. The van der Waals surface area contributed by atoms with Gasteiger partial charge < -0.3 is 24.3 Å². The molecule has 0 unspecified atom stereocenters. The molecule has 6 nitrogen and oxygen atoms in total. The molecule has 1 aromatic carbocycles. The third-order valence-corrected chi connectivity index (χ3v) is 4.56. The monoisotopic (exact) mass is 376 g/mol. The number of hydrogen-bond donors (Lipinski definition) is 1. The van der Waals surface area contributed by atoms with E-state index in [1.165, 1.54) is 5.56 Å². The van der Waals surface area contributed by atoms with Gasteiger partial charge in [0.1, 0.15) is 13.2 Å². The van der Waals surface area contributed by atoms with Crippen LogP contribution in [0.5, 0.6) is 11.5 Å². The van der Waals surface area contributed by atoms with Crippen LogP contribution in [0.15, 0.2) is 35.5 Å². The number of aliphatic imine (C=N–C) groups is 1. The summed E-state index contributed by atoms with van der Waals surface area (Å²) in [4.78, 5) is 6.45. The summed E-state index contributed by atoms with van der Waals surface area (Å²) in [5.74, 6) is 2.50. The molecule has 0 bridgehead atoms. The molecule has 0 saturated carbocycles. The molecular formula is C19H25ClN4O2. The Hall–Kier alpha value is -2.34. The molecule has 1 aromatic heterocycles. The van der Waals surface area contributed by atoms with E-state index in [0.717, 1.165) is 47.7 Å². The van der Waals surface area contributed by atoms with Crippen molar-refractivity contribution in [2.24, 2.45) is 12.0 Å². The third-order valence-electron chi connectivity index (χ3n) is 4.35. The minimum Gasteiger partial charge on any atom is -0.486 e. The molecule has 2 aromatic rings. The number of aromatic nitrogens is 1. The second kappa shape index (κ2) is 8.36. The largest absolute Gasteiger partial charge is 0.486 e. The van der Waals surface area contributed by atoms with Gasteiger partial charge in [-0.25, -0.2) is 0 Å². The minimum absolute atomic E-state index is 0.606. The summed E-state index contributed by atoms with van der Waals surface area (Å²) in [6.07, 6.45) is 2.78. The van der Waals surface area contributed by atoms with Crippen LogP contribution in [0.4, 0.5) is 0 Å². The highest BCUT2D eigenvalue weighted by molar-refractivity contribution is 6.30. The fraction of sp³-hybridized carbons (Fsp3) is 0.421. The first-order valence-electron chi connectivity index (χ1n) is 8.68. The highest BCUT2D eigenvalue weighted by Gasteiger charge is 2.12. The lowest BCUT2D eigenvalue weighted by Gasteiger charge is -2.22. The molecular weight excluding hydrogens is 352 g/mol. The summed E-state index contributed by atoms with van der Waals surface area (Å²) in [5, 5.41) is 4.15. The zero-order valence-corrected chi connectivity index (χ0v) is 16.2. The summed E-state index contributed by atoms with van der Waals surface area (Å²) in [6.45, 7) is 2.73. The Balaban J connectivity index is 1.53. The zero-order chi connectivity index (χ0) is 18.5. The van der Waals surface area contributed by atoms with Gasteiger partial charge in [-0.2, -0.15) is 0 Å². The number of ether oxygens (including phenoxy) is 2. The lowest BCUT2D eigenvalue weighted by molar-refractivity contribution is 0.171. The summed E-state index contributed by atoms with van der Waals surface area (Å²) in [6, 6.07) is 8.08. The molecule has 0 fully saturated rings. The SMILES string of the molecule is CN=C(NCCc1ccc2c(c1)OCCO2)N(C)Cc1cc(Cl)cn1C. The lowest BCUT2D eigenvalue weighted by atomic mass is 10.1. The molecule has 0 atom stereocenters. The fourth-order valence-electron chi connectivity index (χ4n) is 2.99. The molecule has 1 aliphatic heterocycles.